The molecule has 0 aliphatic carbocycles. The summed E-state index contributed by atoms with van der Waals surface area (Å²) in [6.45, 7) is 4.65. The summed E-state index contributed by atoms with van der Waals surface area (Å²) in [6, 6.07) is 18.1. The highest BCUT2D eigenvalue weighted by Crippen LogP contribution is 2.15. The standard InChI is InChI=1S/C20H25NO2S/c1-3-19(23-18-11-9-16(2)10-12-18)20(22)21-13-14-24-15-17-7-5-4-6-8-17/h4-12,19H,3,13-15H2,1-2H3,(H,21,22)/t19-/m1/s1. The molecule has 0 aromatic heterocycles. The molecule has 0 aliphatic heterocycles. The van der Waals surface area contributed by atoms with Crippen molar-refractivity contribution in [3.8, 4) is 5.75 Å². The Bertz CT molecular complexity index is 613. The fourth-order valence-electron chi connectivity index (χ4n) is 2.23. The molecule has 2 aromatic rings. The molecule has 0 spiro atoms. The van der Waals surface area contributed by atoms with Crippen LogP contribution in [0.25, 0.3) is 0 Å². The maximum Gasteiger partial charge on any atom is 0.261 e. The van der Waals surface area contributed by atoms with Gasteiger partial charge in [0, 0.05) is 18.1 Å². The van der Waals surface area contributed by atoms with E-state index in [0.29, 0.717) is 13.0 Å². The third-order valence-electron chi connectivity index (χ3n) is 3.62. The van der Waals surface area contributed by atoms with Crippen LogP contribution in [0.5, 0.6) is 5.75 Å². The van der Waals surface area contributed by atoms with Gasteiger partial charge in [-0.2, -0.15) is 11.8 Å². The summed E-state index contributed by atoms with van der Waals surface area (Å²) in [7, 11) is 0. The average molecular weight is 343 g/mol. The number of benzene rings is 2. The third-order valence-corrected chi connectivity index (χ3v) is 4.65. The summed E-state index contributed by atoms with van der Waals surface area (Å²) < 4.78 is 5.79. The van der Waals surface area contributed by atoms with Gasteiger partial charge in [0.15, 0.2) is 6.10 Å². The van der Waals surface area contributed by atoms with E-state index < -0.39 is 6.10 Å². The number of ether oxygens (including phenoxy) is 1. The van der Waals surface area contributed by atoms with Gasteiger partial charge >= 0.3 is 0 Å². The summed E-state index contributed by atoms with van der Waals surface area (Å²) >= 11 is 1.82. The molecule has 0 radical (unpaired) electrons. The van der Waals surface area contributed by atoms with Crippen LogP contribution in [0.15, 0.2) is 54.6 Å². The molecule has 3 nitrogen and oxygen atoms in total. The molecule has 1 atom stereocenters. The van der Waals surface area contributed by atoms with E-state index in [4.69, 9.17) is 4.74 Å². The Morgan fingerprint density at radius 3 is 2.50 bits per heavy atom. The van der Waals surface area contributed by atoms with Crippen molar-refractivity contribution in [2.45, 2.75) is 32.1 Å². The molecule has 24 heavy (non-hydrogen) atoms. The van der Waals surface area contributed by atoms with Gasteiger partial charge in [0.1, 0.15) is 5.75 Å². The van der Waals surface area contributed by atoms with Gasteiger partial charge < -0.3 is 10.1 Å². The highest BCUT2D eigenvalue weighted by atomic mass is 32.2. The van der Waals surface area contributed by atoms with Crippen LogP contribution in [-0.2, 0) is 10.5 Å². The minimum absolute atomic E-state index is 0.0432. The average Bonchev–Trinajstić information content (AvgIpc) is 2.61. The first-order valence-corrected chi connectivity index (χ1v) is 9.47. The summed E-state index contributed by atoms with van der Waals surface area (Å²) in [5.41, 5.74) is 2.48. The second-order valence-corrected chi connectivity index (χ2v) is 6.76. The number of carbonyl (C=O) groups excluding carboxylic acids is 1. The molecule has 128 valence electrons. The fourth-order valence-corrected chi connectivity index (χ4v) is 3.05. The van der Waals surface area contributed by atoms with Gasteiger partial charge in [0.25, 0.3) is 5.91 Å². The van der Waals surface area contributed by atoms with Crippen molar-refractivity contribution >= 4 is 17.7 Å². The Hall–Kier alpha value is -1.94. The number of thioether (sulfide) groups is 1. The molecule has 4 heteroatoms. The number of aryl methyl sites for hydroxylation is 1. The van der Waals surface area contributed by atoms with Crippen molar-refractivity contribution in [2.75, 3.05) is 12.3 Å². The highest BCUT2D eigenvalue weighted by molar-refractivity contribution is 7.98. The first-order chi connectivity index (χ1) is 11.7. The zero-order chi connectivity index (χ0) is 17.2. The van der Waals surface area contributed by atoms with Gasteiger partial charge in [0.05, 0.1) is 0 Å². The van der Waals surface area contributed by atoms with Crippen molar-refractivity contribution in [3.63, 3.8) is 0 Å². The van der Waals surface area contributed by atoms with Crippen LogP contribution >= 0.6 is 11.8 Å². The lowest BCUT2D eigenvalue weighted by Gasteiger charge is -2.17. The molecule has 1 amide bonds. The van der Waals surface area contributed by atoms with Gasteiger partial charge in [0.2, 0.25) is 0 Å². The molecule has 2 rings (SSSR count). The van der Waals surface area contributed by atoms with Crippen molar-refractivity contribution in [2.24, 2.45) is 0 Å². The van der Waals surface area contributed by atoms with Crippen molar-refractivity contribution in [3.05, 3.63) is 65.7 Å². The zero-order valence-electron chi connectivity index (χ0n) is 14.3. The van der Waals surface area contributed by atoms with E-state index >= 15 is 0 Å². The van der Waals surface area contributed by atoms with Crippen LogP contribution in [0, 0.1) is 6.92 Å². The van der Waals surface area contributed by atoms with Crippen LogP contribution < -0.4 is 10.1 Å². The lowest BCUT2D eigenvalue weighted by molar-refractivity contribution is -0.127. The van der Waals surface area contributed by atoms with E-state index in [1.807, 2.05) is 68.1 Å². The quantitative estimate of drug-likeness (QED) is 0.694. The van der Waals surface area contributed by atoms with Gasteiger partial charge in [-0.15, -0.1) is 0 Å². The maximum atomic E-state index is 12.2. The molecule has 0 saturated heterocycles. The molecule has 2 aromatic carbocycles. The van der Waals surface area contributed by atoms with Crippen LogP contribution in [-0.4, -0.2) is 24.3 Å². The van der Waals surface area contributed by atoms with Gasteiger partial charge in [-0.05, 0) is 31.0 Å². The molecular weight excluding hydrogens is 318 g/mol. The van der Waals surface area contributed by atoms with Crippen LogP contribution in [0.4, 0.5) is 0 Å². The predicted molar refractivity (Wildman–Crippen MR) is 101 cm³/mol. The molecule has 0 aliphatic rings. The normalized spacial score (nSPS) is 11.8. The van der Waals surface area contributed by atoms with E-state index in [-0.39, 0.29) is 5.91 Å². The smallest absolute Gasteiger partial charge is 0.261 e. The summed E-state index contributed by atoms with van der Waals surface area (Å²) in [5, 5.41) is 2.97. The second kappa shape index (κ2) is 10.0. The number of hydrogen-bond donors (Lipinski definition) is 1. The Morgan fingerprint density at radius 1 is 1.12 bits per heavy atom. The fraction of sp³-hybridized carbons (Fsp3) is 0.350. The number of nitrogens with one attached hydrogen (secondary N) is 1. The van der Waals surface area contributed by atoms with Crippen LogP contribution in [0.2, 0.25) is 0 Å². The lowest BCUT2D eigenvalue weighted by atomic mass is 10.2. The van der Waals surface area contributed by atoms with Crippen molar-refractivity contribution < 1.29 is 9.53 Å². The Kier molecular flexibility index (Phi) is 7.69. The molecular formula is C20H25NO2S. The van der Waals surface area contributed by atoms with E-state index in [0.717, 1.165) is 17.3 Å². The Labute approximate surface area is 148 Å². The molecule has 0 fully saturated rings. The van der Waals surface area contributed by atoms with Crippen LogP contribution in [0.3, 0.4) is 0 Å². The number of carbonyl (C=O) groups is 1. The molecule has 0 bridgehead atoms. The van der Waals surface area contributed by atoms with Gasteiger partial charge in [-0.3, -0.25) is 4.79 Å². The summed E-state index contributed by atoms with van der Waals surface area (Å²) in [6.07, 6.45) is 0.212. The summed E-state index contributed by atoms with van der Waals surface area (Å²) in [5.74, 6) is 2.55. The van der Waals surface area contributed by atoms with E-state index in [1.54, 1.807) is 0 Å². The number of hydrogen-bond acceptors (Lipinski definition) is 3. The van der Waals surface area contributed by atoms with Crippen molar-refractivity contribution in [1.82, 2.24) is 5.32 Å². The Morgan fingerprint density at radius 2 is 1.83 bits per heavy atom. The second-order valence-electron chi connectivity index (χ2n) is 5.66. The lowest BCUT2D eigenvalue weighted by Crippen LogP contribution is -2.39. The topological polar surface area (TPSA) is 38.3 Å². The third kappa shape index (κ3) is 6.28. The summed E-state index contributed by atoms with van der Waals surface area (Å²) in [4.78, 5) is 12.2. The zero-order valence-corrected chi connectivity index (χ0v) is 15.1. The SMILES string of the molecule is CC[C@@H](Oc1ccc(C)cc1)C(=O)NCCSCc1ccccc1. The largest absolute Gasteiger partial charge is 0.481 e. The Balaban J connectivity index is 1.68. The predicted octanol–water partition coefficient (Wildman–Crippen LogP) is 4.20. The molecule has 0 saturated carbocycles. The van der Waals surface area contributed by atoms with E-state index in [2.05, 4.69) is 17.4 Å². The molecule has 1 N–H and O–H groups in total. The maximum absolute atomic E-state index is 12.2. The van der Waals surface area contributed by atoms with Gasteiger partial charge in [-0.1, -0.05) is 55.0 Å². The number of rotatable bonds is 9. The van der Waals surface area contributed by atoms with E-state index in [9.17, 15) is 4.79 Å². The molecule has 0 heterocycles. The van der Waals surface area contributed by atoms with Gasteiger partial charge in [-0.25, -0.2) is 0 Å². The van der Waals surface area contributed by atoms with Crippen LogP contribution in [0.1, 0.15) is 24.5 Å². The van der Waals surface area contributed by atoms with Crippen molar-refractivity contribution in [1.29, 1.82) is 0 Å². The highest BCUT2D eigenvalue weighted by Gasteiger charge is 2.17. The minimum Gasteiger partial charge on any atom is -0.481 e. The first kappa shape index (κ1) is 18.4. The molecule has 0 unspecified atom stereocenters. The van der Waals surface area contributed by atoms with E-state index in [1.165, 1.54) is 11.1 Å². The number of amides is 1. The minimum atomic E-state index is -0.438. The first-order valence-electron chi connectivity index (χ1n) is 8.31. The monoisotopic (exact) mass is 343 g/mol.